The lowest BCUT2D eigenvalue weighted by Gasteiger charge is -2.24. The number of rotatable bonds is 8. The predicted octanol–water partition coefficient (Wildman–Crippen LogP) is 5.35. The van der Waals surface area contributed by atoms with Gasteiger partial charge in [-0.2, -0.15) is 0 Å². The molecule has 0 aromatic heterocycles. The summed E-state index contributed by atoms with van der Waals surface area (Å²) in [4.78, 5) is 18.3. The van der Waals surface area contributed by atoms with E-state index in [9.17, 15) is 4.79 Å². The minimum atomic E-state index is -0.410. The highest BCUT2D eigenvalue weighted by Gasteiger charge is 2.29. The Morgan fingerprint density at radius 1 is 1.33 bits per heavy atom. The van der Waals surface area contributed by atoms with Crippen molar-refractivity contribution < 1.29 is 9.53 Å². The summed E-state index contributed by atoms with van der Waals surface area (Å²) in [6.07, 6.45) is 12.3. The first-order valence-corrected chi connectivity index (χ1v) is 9.14. The Kier molecular flexibility index (Phi) is 8.80. The van der Waals surface area contributed by atoms with Crippen LogP contribution in [0.2, 0.25) is 0 Å². The molecule has 0 radical (unpaired) electrons. The molecule has 0 aromatic carbocycles. The van der Waals surface area contributed by atoms with Crippen molar-refractivity contribution in [3.63, 3.8) is 0 Å². The second-order valence-electron chi connectivity index (χ2n) is 7.49. The van der Waals surface area contributed by atoms with Gasteiger partial charge in [0.15, 0.2) is 0 Å². The molecule has 136 valence electrons. The normalized spacial score (nSPS) is 19.1. The average Bonchev–Trinajstić information content (AvgIpc) is 2.97. The number of hydrogen-bond acceptors (Lipinski definition) is 3. The lowest BCUT2D eigenvalue weighted by Crippen LogP contribution is -2.35. The second-order valence-corrected chi connectivity index (χ2v) is 7.49. The van der Waals surface area contributed by atoms with E-state index in [-0.39, 0.29) is 6.09 Å². The molecule has 0 spiro atoms. The Morgan fingerprint density at radius 2 is 2.08 bits per heavy atom. The molecule has 1 unspecified atom stereocenters. The molecule has 24 heavy (non-hydrogen) atoms. The molecule has 4 nitrogen and oxygen atoms in total. The van der Waals surface area contributed by atoms with Crippen LogP contribution in [0.3, 0.4) is 0 Å². The number of amides is 1. The maximum Gasteiger partial charge on any atom is 0.410 e. The number of carbonyl (C=O) groups excluding carboxylic acids is 1. The molecule has 0 aromatic rings. The van der Waals surface area contributed by atoms with E-state index < -0.39 is 5.60 Å². The van der Waals surface area contributed by atoms with Gasteiger partial charge in [0.2, 0.25) is 0 Å². The Morgan fingerprint density at radius 3 is 2.71 bits per heavy atom. The first-order chi connectivity index (χ1) is 11.4. The fraction of sp³-hybridized carbons (Fsp3) is 0.700. The van der Waals surface area contributed by atoms with Crippen LogP contribution in [-0.4, -0.2) is 35.4 Å². The Bertz CT molecular complexity index is 461. The van der Waals surface area contributed by atoms with Gasteiger partial charge in [-0.3, -0.25) is 4.99 Å². The Labute approximate surface area is 147 Å². The largest absolute Gasteiger partial charge is 0.444 e. The van der Waals surface area contributed by atoms with Crippen LogP contribution in [0.4, 0.5) is 4.79 Å². The summed E-state index contributed by atoms with van der Waals surface area (Å²) in [7, 11) is 0. The van der Waals surface area contributed by atoms with Crippen LogP contribution < -0.4 is 0 Å². The van der Waals surface area contributed by atoms with Crippen LogP contribution in [-0.2, 0) is 4.74 Å². The number of likely N-dealkylation sites (tertiary alicyclic amines) is 1. The molecule has 1 atom stereocenters. The third kappa shape index (κ3) is 8.32. The van der Waals surface area contributed by atoms with E-state index in [4.69, 9.17) is 4.74 Å². The molecular formula is C20H34N2O2. The molecule has 1 heterocycles. The Balaban J connectivity index is 2.19. The van der Waals surface area contributed by atoms with Crippen molar-refractivity contribution in [1.29, 1.82) is 0 Å². The van der Waals surface area contributed by atoms with Gasteiger partial charge in [0.25, 0.3) is 0 Å². The van der Waals surface area contributed by atoms with Crippen molar-refractivity contribution in [2.75, 3.05) is 13.1 Å². The zero-order valence-electron chi connectivity index (χ0n) is 15.9. The van der Waals surface area contributed by atoms with Crippen molar-refractivity contribution in [3.05, 3.63) is 24.9 Å². The molecular weight excluding hydrogens is 300 g/mol. The van der Waals surface area contributed by atoms with E-state index >= 15 is 0 Å². The fourth-order valence-electron chi connectivity index (χ4n) is 2.87. The number of carbonyl (C=O) groups is 1. The average molecular weight is 335 g/mol. The molecule has 0 aliphatic carbocycles. The van der Waals surface area contributed by atoms with Crippen molar-refractivity contribution in [2.24, 2.45) is 10.9 Å². The van der Waals surface area contributed by atoms with Gasteiger partial charge in [0.1, 0.15) is 5.60 Å². The topological polar surface area (TPSA) is 41.9 Å². The van der Waals surface area contributed by atoms with E-state index in [1.54, 1.807) is 0 Å². The highest BCUT2D eigenvalue weighted by molar-refractivity contribution is 5.94. The molecule has 1 aliphatic rings. The van der Waals surface area contributed by atoms with Gasteiger partial charge in [0.05, 0.1) is 0 Å². The third-order valence-electron chi connectivity index (χ3n) is 4.11. The molecule has 1 amide bonds. The van der Waals surface area contributed by atoms with E-state index in [0.29, 0.717) is 5.92 Å². The fourth-order valence-corrected chi connectivity index (χ4v) is 2.87. The van der Waals surface area contributed by atoms with Crippen molar-refractivity contribution in [2.45, 2.75) is 71.8 Å². The van der Waals surface area contributed by atoms with Gasteiger partial charge in [-0.05, 0) is 65.4 Å². The van der Waals surface area contributed by atoms with Gasteiger partial charge in [-0.15, -0.1) is 0 Å². The van der Waals surface area contributed by atoms with Crippen LogP contribution in [0.5, 0.6) is 0 Å². The number of nitrogens with zero attached hydrogens (tertiary/aromatic N) is 2. The number of unbranched alkanes of at least 4 members (excludes halogenated alkanes) is 2. The van der Waals surface area contributed by atoms with Gasteiger partial charge in [-0.1, -0.05) is 25.5 Å². The zero-order valence-corrected chi connectivity index (χ0v) is 15.9. The first-order valence-electron chi connectivity index (χ1n) is 9.14. The first kappa shape index (κ1) is 20.5. The predicted molar refractivity (Wildman–Crippen MR) is 101 cm³/mol. The molecule has 0 bridgehead atoms. The number of ether oxygens (including phenoxy) is 1. The summed E-state index contributed by atoms with van der Waals surface area (Å²) in [5.41, 5.74) is 0.650. The van der Waals surface area contributed by atoms with Crippen LogP contribution in [0.15, 0.2) is 29.9 Å². The lowest BCUT2D eigenvalue weighted by atomic mass is 9.99. The summed E-state index contributed by atoms with van der Waals surface area (Å²) in [5.74, 6) is 0.619. The molecule has 0 N–H and O–H groups in total. The van der Waals surface area contributed by atoms with Gasteiger partial charge in [0, 0.05) is 25.0 Å². The van der Waals surface area contributed by atoms with E-state index in [1.807, 2.05) is 50.9 Å². The molecule has 1 rings (SSSR count). The van der Waals surface area contributed by atoms with E-state index in [0.717, 1.165) is 38.1 Å². The summed E-state index contributed by atoms with van der Waals surface area (Å²) in [5, 5.41) is 0. The summed E-state index contributed by atoms with van der Waals surface area (Å²) in [6.45, 7) is 13.2. The van der Waals surface area contributed by atoms with Crippen molar-refractivity contribution >= 4 is 11.8 Å². The van der Waals surface area contributed by atoms with Crippen molar-refractivity contribution in [3.8, 4) is 0 Å². The van der Waals surface area contributed by atoms with Crippen LogP contribution in [0, 0.1) is 5.92 Å². The number of aliphatic imine (C=N–C) groups is 1. The molecule has 1 fully saturated rings. The molecule has 0 saturated carbocycles. The summed E-state index contributed by atoms with van der Waals surface area (Å²) < 4.78 is 5.44. The second kappa shape index (κ2) is 10.3. The van der Waals surface area contributed by atoms with Crippen LogP contribution in [0.1, 0.15) is 66.2 Å². The van der Waals surface area contributed by atoms with Gasteiger partial charge in [-0.25, -0.2) is 4.79 Å². The number of allylic oxidation sites excluding steroid dienone is 2. The van der Waals surface area contributed by atoms with Crippen LogP contribution >= 0.6 is 0 Å². The third-order valence-corrected chi connectivity index (χ3v) is 4.11. The SMILES string of the molecule is C=CC(CCCCCC1CCN(C(=O)OC(C)(C)C)C1)=N/C=C\C. The zero-order chi connectivity index (χ0) is 18.0. The maximum atomic E-state index is 12.1. The van der Waals surface area contributed by atoms with E-state index in [1.165, 1.54) is 19.3 Å². The molecule has 4 heteroatoms. The Hall–Kier alpha value is -1.58. The standard InChI is InChI=1S/C20H34N2O2/c1-6-14-21-18(7-2)12-10-8-9-11-17-13-15-22(16-17)19(23)24-20(3,4)5/h6-7,14,17H,2,8-13,15-16H2,1,3-5H3/b14-6-,21-18?. The van der Waals surface area contributed by atoms with Crippen molar-refractivity contribution in [1.82, 2.24) is 4.90 Å². The number of hydrogen-bond donors (Lipinski definition) is 0. The minimum Gasteiger partial charge on any atom is -0.444 e. The van der Waals surface area contributed by atoms with Gasteiger partial charge >= 0.3 is 6.09 Å². The highest BCUT2D eigenvalue weighted by Crippen LogP contribution is 2.24. The van der Waals surface area contributed by atoms with Crippen LogP contribution in [0.25, 0.3) is 0 Å². The molecule has 1 saturated heterocycles. The minimum absolute atomic E-state index is 0.166. The summed E-state index contributed by atoms with van der Waals surface area (Å²) >= 11 is 0. The molecule has 1 aliphatic heterocycles. The van der Waals surface area contributed by atoms with Gasteiger partial charge < -0.3 is 9.64 Å². The monoisotopic (exact) mass is 334 g/mol. The highest BCUT2D eigenvalue weighted by atomic mass is 16.6. The summed E-state index contributed by atoms with van der Waals surface area (Å²) in [6, 6.07) is 0. The maximum absolute atomic E-state index is 12.1. The van der Waals surface area contributed by atoms with E-state index in [2.05, 4.69) is 11.6 Å². The smallest absolute Gasteiger partial charge is 0.410 e. The quantitative estimate of drug-likeness (QED) is 0.443. The lowest BCUT2D eigenvalue weighted by molar-refractivity contribution is 0.0287.